The van der Waals surface area contributed by atoms with Crippen LogP contribution in [-0.4, -0.2) is 36.8 Å². The molecule has 118 valence electrons. The molecule has 0 radical (unpaired) electrons. The molecule has 3 aromatic rings. The molecule has 23 heavy (non-hydrogen) atoms. The average Bonchev–Trinajstić information content (AvgIpc) is 3.23. The summed E-state index contributed by atoms with van der Waals surface area (Å²) in [6.07, 6.45) is 4.75. The summed E-state index contributed by atoms with van der Waals surface area (Å²) in [5.74, 6) is 1.90. The van der Waals surface area contributed by atoms with Crippen LogP contribution in [-0.2, 0) is 6.54 Å². The van der Waals surface area contributed by atoms with Gasteiger partial charge in [-0.25, -0.2) is 9.97 Å². The molecule has 0 aliphatic rings. The van der Waals surface area contributed by atoms with E-state index in [2.05, 4.69) is 37.4 Å². The molecule has 0 atom stereocenters. The summed E-state index contributed by atoms with van der Waals surface area (Å²) in [6.45, 7) is 2.36. The van der Waals surface area contributed by atoms with E-state index >= 15 is 0 Å². The van der Waals surface area contributed by atoms with E-state index < -0.39 is 0 Å². The Balaban J connectivity index is 1.60. The molecule has 7 nitrogen and oxygen atoms in total. The van der Waals surface area contributed by atoms with Crippen LogP contribution in [0.15, 0.2) is 34.9 Å². The Morgan fingerprint density at radius 2 is 2.30 bits per heavy atom. The van der Waals surface area contributed by atoms with Gasteiger partial charge in [0.25, 0.3) is 5.91 Å². The highest BCUT2D eigenvalue weighted by molar-refractivity contribution is 8.01. The van der Waals surface area contributed by atoms with Crippen molar-refractivity contribution in [1.82, 2.24) is 30.5 Å². The quantitative estimate of drug-likeness (QED) is 0.665. The number of nitrogens with one attached hydrogen (secondary N) is 2. The average molecular weight is 346 g/mol. The highest BCUT2D eigenvalue weighted by Gasteiger charge is 2.11. The number of aromatic amines is 1. The molecule has 0 spiro atoms. The van der Waals surface area contributed by atoms with Crippen molar-refractivity contribution in [2.24, 2.45) is 0 Å². The molecule has 2 N–H and O–H groups in total. The van der Waals surface area contributed by atoms with Gasteiger partial charge >= 0.3 is 0 Å². The Morgan fingerprint density at radius 1 is 1.39 bits per heavy atom. The van der Waals surface area contributed by atoms with Crippen molar-refractivity contribution in [3.05, 3.63) is 41.4 Å². The van der Waals surface area contributed by atoms with Crippen LogP contribution in [0.25, 0.3) is 11.5 Å². The number of carbonyl (C=O) groups excluding carboxylic acids is 1. The zero-order valence-electron chi connectivity index (χ0n) is 12.3. The third-order valence-corrected chi connectivity index (χ3v) is 5.02. The Bertz CT molecular complexity index is 785. The van der Waals surface area contributed by atoms with Crippen molar-refractivity contribution < 1.29 is 4.79 Å². The van der Waals surface area contributed by atoms with E-state index in [1.807, 2.05) is 12.1 Å². The van der Waals surface area contributed by atoms with E-state index in [-0.39, 0.29) is 12.5 Å². The number of amides is 1. The summed E-state index contributed by atoms with van der Waals surface area (Å²) in [5.41, 5.74) is 0.584. The van der Waals surface area contributed by atoms with Crippen molar-refractivity contribution in [1.29, 1.82) is 0 Å². The van der Waals surface area contributed by atoms with E-state index in [1.54, 1.807) is 30.4 Å². The first-order valence-electron chi connectivity index (χ1n) is 6.94. The van der Waals surface area contributed by atoms with Gasteiger partial charge in [-0.3, -0.25) is 14.9 Å². The van der Waals surface area contributed by atoms with Gasteiger partial charge in [0.15, 0.2) is 0 Å². The lowest BCUT2D eigenvalue weighted by Gasteiger charge is -1.99. The van der Waals surface area contributed by atoms with Crippen LogP contribution in [0.4, 0.5) is 0 Å². The smallest absolute Gasteiger partial charge is 0.261 e. The third-order valence-electron chi connectivity index (χ3n) is 2.83. The Morgan fingerprint density at radius 3 is 3.09 bits per heavy atom. The zero-order valence-corrected chi connectivity index (χ0v) is 13.9. The van der Waals surface area contributed by atoms with Gasteiger partial charge in [0.1, 0.15) is 11.5 Å². The molecule has 9 heteroatoms. The fraction of sp³-hybridized carbons (Fsp3) is 0.214. The standard InChI is InChI=1S/C14H14N6OS2/c1-2-22-12-4-3-10(23-12)14(21)17-8-11-18-13(20-19-11)9-7-15-5-6-16-9/h3-7H,2,8H2,1H3,(H,17,21)(H,18,19,20). The molecule has 0 saturated carbocycles. The molecule has 0 bridgehead atoms. The zero-order chi connectivity index (χ0) is 16.1. The lowest BCUT2D eigenvalue weighted by Crippen LogP contribution is -2.22. The van der Waals surface area contributed by atoms with Crippen LogP contribution < -0.4 is 5.32 Å². The van der Waals surface area contributed by atoms with Crippen molar-refractivity contribution >= 4 is 29.0 Å². The van der Waals surface area contributed by atoms with E-state index in [0.717, 1.165) is 9.96 Å². The van der Waals surface area contributed by atoms with Crippen LogP contribution in [0.2, 0.25) is 0 Å². The molecule has 1 amide bonds. The summed E-state index contributed by atoms with van der Waals surface area (Å²) in [7, 11) is 0. The predicted octanol–water partition coefficient (Wildman–Crippen LogP) is 2.37. The number of hydrogen-bond donors (Lipinski definition) is 2. The fourth-order valence-electron chi connectivity index (χ4n) is 1.82. The van der Waals surface area contributed by atoms with Gasteiger partial charge in [-0.05, 0) is 17.9 Å². The number of thiophene rings is 1. The molecule has 3 aromatic heterocycles. The van der Waals surface area contributed by atoms with Crippen molar-refractivity contribution in [2.75, 3.05) is 5.75 Å². The second kappa shape index (κ2) is 7.34. The predicted molar refractivity (Wildman–Crippen MR) is 89.3 cm³/mol. The largest absolute Gasteiger partial charge is 0.344 e. The topological polar surface area (TPSA) is 96.5 Å². The summed E-state index contributed by atoms with van der Waals surface area (Å²) in [5, 5.41) is 9.70. The third kappa shape index (κ3) is 3.93. The molecule has 0 aromatic carbocycles. The van der Waals surface area contributed by atoms with E-state index in [4.69, 9.17) is 0 Å². The Labute approximate surface area is 141 Å². The van der Waals surface area contributed by atoms with Gasteiger partial charge in [-0.15, -0.1) is 23.1 Å². The van der Waals surface area contributed by atoms with Crippen molar-refractivity contribution in [2.45, 2.75) is 17.7 Å². The number of thioether (sulfide) groups is 1. The molecule has 0 aliphatic heterocycles. The highest BCUT2D eigenvalue weighted by Crippen LogP contribution is 2.26. The monoisotopic (exact) mass is 346 g/mol. The molecule has 0 fully saturated rings. The maximum absolute atomic E-state index is 12.1. The maximum atomic E-state index is 12.1. The van der Waals surface area contributed by atoms with E-state index in [9.17, 15) is 4.79 Å². The molecule has 3 heterocycles. The number of carbonyl (C=O) groups is 1. The van der Waals surface area contributed by atoms with Gasteiger partial charge in [-0.2, -0.15) is 5.10 Å². The number of hydrogen-bond acceptors (Lipinski definition) is 7. The summed E-state index contributed by atoms with van der Waals surface area (Å²) < 4.78 is 1.14. The van der Waals surface area contributed by atoms with E-state index in [1.165, 1.54) is 11.3 Å². The van der Waals surface area contributed by atoms with Crippen LogP contribution in [0.5, 0.6) is 0 Å². The SMILES string of the molecule is CCSc1ccc(C(=O)NCc2nc(-c3cnccn3)n[nH]2)s1. The van der Waals surface area contributed by atoms with Crippen molar-refractivity contribution in [3.63, 3.8) is 0 Å². The van der Waals surface area contributed by atoms with Gasteiger partial charge in [0.05, 0.1) is 21.8 Å². The van der Waals surface area contributed by atoms with Crippen LogP contribution in [0, 0.1) is 0 Å². The minimum atomic E-state index is -0.115. The van der Waals surface area contributed by atoms with Gasteiger partial charge in [-0.1, -0.05) is 6.92 Å². The number of nitrogens with zero attached hydrogens (tertiary/aromatic N) is 4. The van der Waals surface area contributed by atoms with Gasteiger partial charge in [0, 0.05) is 12.4 Å². The lowest BCUT2D eigenvalue weighted by atomic mass is 10.4. The number of H-pyrrole nitrogens is 1. The van der Waals surface area contributed by atoms with Crippen LogP contribution >= 0.6 is 23.1 Å². The van der Waals surface area contributed by atoms with Crippen molar-refractivity contribution in [3.8, 4) is 11.5 Å². The second-order valence-corrected chi connectivity index (χ2v) is 7.08. The van der Waals surface area contributed by atoms with Crippen LogP contribution in [0.1, 0.15) is 22.4 Å². The number of aromatic nitrogens is 5. The first kappa shape index (κ1) is 15.6. The summed E-state index contributed by atoms with van der Waals surface area (Å²) in [4.78, 5) is 25.2. The molecule has 0 aliphatic carbocycles. The van der Waals surface area contributed by atoms with Gasteiger partial charge < -0.3 is 5.32 Å². The minimum Gasteiger partial charge on any atom is -0.344 e. The first-order valence-corrected chi connectivity index (χ1v) is 8.75. The molecule has 0 unspecified atom stereocenters. The molecule has 0 saturated heterocycles. The molecular weight excluding hydrogens is 332 g/mol. The summed E-state index contributed by atoms with van der Waals surface area (Å²) >= 11 is 3.22. The second-order valence-electron chi connectivity index (χ2n) is 4.43. The lowest BCUT2D eigenvalue weighted by molar-refractivity contribution is 0.0954. The molecule has 3 rings (SSSR count). The summed E-state index contributed by atoms with van der Waals surface area (Å²) in [6, 6.07) is 3.80. The van der Waals surface area contributed by atoms with E-state index in [0.29, 0.717) is 22.2 Å². The Kier molecular flexibility index (Phi) is 4.99. The van der Waals surface area contributed by atoms with Crippen LogP contribution in [0.3, 0.4) is 0 Å². The molecular formula is C14H14N6OS2. The highest BCUT2D eigenvalue weighted by atomic mass is 32.2. The van der Waals surface area contributed by atoms with Gasteiger partial charge in [0.2, 0.25) is 5.82 Å². The number of rotatable bonds is 6. The normalized spacial score (nSPS) is 10.7. The minimum absolute atomic E-state index is 0.115. The first-order chi connectivity index (χ1) is 11.3. The Hall–Kier alpha value is -2.26. The maximum Gasteiger partial charge on any atom is 0.261 e. The fourth-order valence-corrected chi connectivity index (χ4v) is 3.78.